The van der Waals surface area contributed by atoms with E-state index in [1.165, 1.54) is 21.0 Å². The fraction of sp³-hybridized carbons (Fsp3) is 0.250. The van der Waals surface area contributed by atoms with E-state index in [0.717, 1.165) is 0 Å². The van der Waals surface area contributed by atoms with Crippen molar-refractivity contribution in [1.82, 2.24) is 0 Å². The Morgan fingerprint density at radius 2 is 1.67 bits per heavy atom. The highest BCUT2D eigenvalue weighted by Gasteiger charge is 2.16. The number of ketones is 1. The van der Waals surface area contributed by atoms with Gasteiger partial charge >= 0.3 is 0 Å². The SMILES string of the molecule is COc1ccc(NC(C)=O)cc1N[C@H](C)C(=O)Nc1cccc(C(C)=O)c1. The number of ether oxygens (including phenoxy) is 1. The highest BCUT2D eigenvalue weighted by Crippen LogP contribution is 2.28. The first kappa shape index (κ1) is 20.0. The van der Waals surface area contributed by atoms with Gasteiger partial charge in [-0.15, -0.1) is 0 Å². The molecule has 0 heterocycles. The van der Waals surface area contributed by atoms with Crippen LogP contribution in [0.1, 0.15) is 31.1 Å². The molecule has 7 nitrogen and oxygen atoms in total. The van der Waals surface area contributed by atoms with Gasteiger partial charge in [-0.05, 0) is 44.2 Å². The highest BCUT2D eigenvalue weighted by molar-refractivity contribution is 5.99. The maximum atomic E-state index is 12.5. The van der Waals surface area contributed by atoms with Gasteiger partial charge in [-0.1, -0.05) is 12.1 Å². The van der Waals surface area contributed by atoms with Crippen molar-refractivity contribution < 1.29 is 19.1 Å². The molecule has 0 unspecified atom stereocenters. The van der Waals surface area contributed by atoms with E-state index in [4.69, 9.17) is 4.74 Å². The van der Waals surface area contributed by atoms with Crippen LogP contribution in [-0.2, 0) is 9.59 Å². The average Bonchev–Trinajstić information content (AvgIpc) is 2.61. The Balaban J connectivity index is 2.12. The summed E-state index contributed by atoms with van der Waals surface area (Å²) in [5.41, 5.74) is 2.23. The lowest BCUT2D eigenvalue weighted by Crippen LogP contribution is -2.32. The first-order valence-electron chi connectivity index (χ1n) is 8.44. The summed E-state index contributed by atoms with van der Waals surface area (Å²) in [6.07, 6.45) is 0. The molecule has 2 aromatic carbocycles. The van der Waals surface area contributed by atoms with Crippen molar-refractivity contribution >= 4 is 34.7 Å². The number of nitrogens with one attached hydrogen (secondary N) is 3. The molecule has 1 atom stereocenters. The quantitative estimate of drug-likeness (QED) is 0.651. The van der Waals surface area contributed by atoms with Crippen LogP contribution >= 0.6 is 0 Å². The van der Waals surface area contributed by atoms with Gasteiger partial charge in [-0.2, -0.15) is 0 Å². The lowest BCUT2D eigenvalue weighted by atomic mass is 10.1. The van der Waals surface area contributed by atoms with Crippen molar-refractivity contribution in [3.05, 3.63) is 48.0 Å². The van der Waals surface area contributed by atoms with E-state index in [2.05, 4.69) is 16.0 Å². The Labute approximate surface area is 158 Å². The molecule has 0 bridgehead atoms. The van der Waals surface area contributed by atoms with E-state index in [-0.39, 0.29) is 17.6 Å². The van der Waals surface area contributed by atoms with Gasteiger partial charge in [-0.25, -0.2) is 0 Å². The van der Waals surface area contributed by atoms with Crippen molar-refractivity contribution in [2.75, 3.05) is 23.1 Å². The molecule has 0 spiro atoms. The van der Waals surface area contributed by atoms with Gasteiger partial charge in [0.25, 0.3) is 0 Å². The molecule has 0 aliphatic rings. The summed E-state index contributed by atoms with van der Waals surface area (Å²) >= 11 is 0. The number of anilines is 3. The second kappa shape index (κ2) is 8.84. The Morgan fingerprint density at radius 3 is 2.30 bits per heavy atom. The smallest absolute Gasteiger partial charge is 0.246 e. The first-order chi connectivity index (χ1) is 12.8. The molecule has 0 radical (unpaired) electrons. The lowest BCUT2D eigenvalue weighted by Gasteiger charge is -2.18. The predicted octanol–water partition coefficient (Wildman–Crippen LogP) is 3.30. The molecule has 0 fully saturated rings. The number of hydrogen-bond donors (Lipinski definition) is 3. The van der Waals surface area contributed by atoms with Gasteiger partial charge in [-0.3, -0.25) is 14.4 Å². The standard InChI is InChI=1S/C20H23N3O4/c1-12(20(26)23-16-7-5-6-15(10-16)13(2)24)21-18-11-17(22-14(3)25)8-9-19(18)27-4/h5-12,21H,1-4H3,(H,22,25)(H,23,26)/t12-/m1/s1. The van der Waals surface area contributed by atoms with Crippen molar-refractivity contribution in [1.29, 1.82) is 0 Å². The van der Waals surface area contributed by atoms with E-state index in [0.29, 0.717) is 28.4 Å². The Bertz CT molecular complexity index is 864. The zero-order chi connectivity index (χ0) is 20.0. The van der Waals surface area contributed by atoms with Crippen LogP contribution in [0, 0.1) is 0 Å². The molecule has 0 aliphatic heterocycles. The zero-order valence-corrected chi connectivity index (χ0v) is 15.8. The highest BCUT2D eigenvalue weighted by atomic mass is 16.5. The van der Waals surface area contributed by atoms with Crippen molar-refractivity contribution in [3.8, 4) is 5.75 Å². The van der Waals surface area contributed by atoms with Crippen molar-refractivity contribution in [2.24, 2.45) is 0 Å². The van der Waals surface area contributed by atoms with Crippen LogP contribution < -0.4 is 20.7 Å². The largest absolute Gasteiger partial charge is 0.495 e. The molecule has 2 rings (SSSR count). The second-order valence-corrected chi connectivity index (χ2v) is 6.09. The van der Waals surface area contributed by atoms with Crippen LogP contribution in [0.2, 0.25) is 0 Å². The third-order valence-electron chi connectivity index (χ3n) is 3.82. The van der Waals surface area contributed by atoms with E-state index >= 15 is 0 Å². The van der Waals surface area contributed by atoms with Crippen LogP contribution in [0.5, 0.6) is 5.75 Å². The van der Waals surface area contributed by atoms with Gasteiger partial charge in [0.1, 0.15) is 11.8 Å². The average molecular weight is 369 g/mol. The summed E-state index contributed by atoms with van der Waals surface area (Å²) < 4.78 is 5.30. The molecule has 0 saturated carbocycles. The van der Waals surface area contributed by atoms with Crippen LogP contribution in [0.3, 0.4) is 0 Å². The zero-order valence-electron chi connectivity index (χ0n) is 15.8. The lowest BCUT2D eigenvalue weighted by molar-refractivity contribution is -0.116. The van der Waals surface area contributed by atoms with Crippen molar-refractivity contribution in [3.63, 3.8) is 0 Å². The Hall–Kier alpha value is -3.35. The summed E-state index contributed by atoms with van der Waals surface area (Å²) in [7, 11) is 1.52. The second-order valence-electron chi connectivity index (χ2n) is 6.09. The van der Waals surface area contributed by atoms with Crippen LogP contribution in [0.25, 0.3) is 0 Å². The van der Waals surface area contributed by atoms with E-state index in [1.807, 2.05) is 0 Å². The molecule has 0 saturated heterocycles. The number of amides is 2. The van der Waals surface area contributed by atoms with Crippen LogP contribution in [-0.4, -0.2) is 30.7 Å². The minimum absolute atomic E-state index is 0.0724. The molecular weight excluding hydrogens is 346 g/mol. The first-order valence-corrected chi connectivity index (χ1v) is 8.44. The minimum Gasteiger partial charge on any atom is -0.495 e. The third-order valence-corrected chi connectivity index (χ3v) is 3.82. The molecular formula is C20H23N3O4. The number of benzene rings is 2. The summed E-state index contributed by atoms with van der Waals surface area (Å²) in [5.74, 6) is 0.00377. The number of methoxy groups -OCH3 is 1. The maximum Gasteiger partial charge on any atom is 0.246 e. The van der Waals surface area contributed by atoms with E-state index < -0.39 is 6.04 Å². The van der Waals surface area contributed by atoms with Crippen LogP contribution in [0.15, 0.2) is 42.5 Å². The minimum atomic E-state index is -0.590. The molecule has 2 aromatic rings. The van der Waals surface area contributed by atoms with Gasteiger partial charge in [0, 0.05) is 23.9 Å². The Kier molecular flexibility index (Phi) is 6.54. The molecule has 0 aromatic heterocycles. The third kappa shape index (κ3) is 5.57. The van der Waals surface area contributed by atoms with Gasteiger partial charge < -0.3 is 20.7 Å². The maximum absolute atomic E-state index is 12.5. The number of carbonyl (C=O) groups excluding carboxylic acids is 3. The molecule has 3 N–H and O–H groups in total. The number of rotatable bonds is 7. The molecule has 7 heteroatoms. The topological polar surface area (TPSA) is 96.5 Å². The summed E-state index contributed by atoms with van der Waals surface area (Å²) in [5, 5.41) is 8.54. The summed E-state index contributed by atoms with van der Waals surface area (Å²) in [4.78, 5) is 35.2. The molecule has 27 heavy (non-hydrogen) atoms. The monoisotopic (exact) mass is 369 g/mol. The van der Waals surface area contributed by atoms with Crippen molar-refractivity contribution in [2.45, 2.75) is 26.8 Å². The van der Waals surface area contributed by atoms with Crippen LogP contribution in [0.4, 0.5) is 17.1 Å². The normalized spacial score (nSPS) is 11.3. The summed E-state index contributed by atoms with van der Waals surface area (Å²) in [6, 6.07) is 11.3. The van der Waals surface area contributed by atoms with Gasteiger partial charge in [0.2, 0.25) is 11.8 Å². The molecule has 0 aliphatic carbocycles. The molecule has 2 amide bonds. The Morgan fingerprint density at radius 1 is 0.963 bits per heavy atom. The molecule has 142 valence electrons. The fourth-order valence-electron chi connectivity index (χ4n) is 2.47. The van der Waals surface area contributed by atoms with Gasteiger partial charge in [0.15, 0.2) is 5.78 Å². The number of carbonyl (C=O) groups is 3. The predicted molar refractivity (Wildman–Crippen MR) is 105 cm³/mol. The van der Waals surface area contributed by atoms with Gasteiger partial charge in [0.05, 0.1) is 12.8 Å². The summed E-state index contributed by atoms with van der Waals surface area (Å²) in [6.45, 7) is 4.59. The number of hydrogen-bond acceptors (Lipinski definition) is 5. The fourth-order valence-corrected chi connectivity index (χ4v) is 2.47. The number of Topliss-reactive ketones (excluding diaryl/α,β-unsaturated/α-hetero) is 1. The van der Waals surface area contributed by atoms with E-state index in [1.54, 1.807) is 49.4 Å². The van der Waals surface area contributed by atoms with E-state index in [9.17, 15) is 14.4 Å².